The van der Waals surface area contributed by atoms with Gasteiger partial charge in [-0.3, -0.25) is 0 Å². The highest BCUT2D eigenvalue weighted by Gasteiger charge is 2.06. The zero-order valence-corrected chi connectivity index (χ0v) is 13.6. The SMILES string of the molecule is CC(C)NCC(O)COc1ccc(OCCn2cncn2)cc1. The van der Waals surface area contributed by atoms with Crippen molar-refractivity contribution in [1.82, 2.24) is 20.1 Å². The maximum absolute atomic E-state index is 9.80. The standard InChI is InChI=1S/C16H24N4O3/c1-13(2)18-9-14(21)10-23-16-5-3-15(4-6-16)22-8-7-20-12-17-11-19-20/h3-6,11-14,18,21H,7-10H2,1-2H3. The molecule has 1 aromatic heterocycles. The van der Waals surface area contributed by atoms with E-state index in [1.54, 1.807) is 11.0 Å². The molecule has 2 rings (SSSR count). The van der Waals surface area contributed by atoms with E-state index < -0.39 is 6.10 Å². The van der Waals surface area contributed by atoms with Gasteiger partial charge in [-0.1, -0.05) is 13.8 Å². The molecular weight excluding hydrogens is 296 g/mol. The van der Waals surface area contributed by atoms with Gasteiger partial charge in [0.1, 0.15) is 43.5 Å². The molecule has 2 aromatic rings. The van der Waals surface area contributed by atoms with Crippen molar-refractivity contribution in [2.75, 3.05) is 19.8 Å². The molecule has 0 saturated carbocycles. The molecule has 126 valence electrons. The lowest BCUT2D eigenvalue weighted by atomic mass is 10.3. The molecule has 0 aliphatic rings. The Balaban J connectivity index is 1.67. The highest BCUT2D eigenvalue weighted by molar-refractivity contribution is 5.31. The molecule has 0 bridgehead atoms. The van der Waals surface area contributed by atoms with Gasteiger partial charge in [0, 0.05) is 12.6 Å². The van der Waals surface area contributed by atoms with Crippen molar-refractivity contribution in [2.45, 2.75) is 32.5 Å². The predicted molar refractivity (Wildman–Crippen MR) is 86.6 cm³/mol. The lowest BCUT2D eigenvalue weighted by Crippen LogP contribution is -2.35. The number of aromatic nitrogens is 3. The summed E-state index contributed by atoms with van der Waals surface area (Å²) in [5.74, 6) is 1.47. The molecule has 0 amide bonds. The van der Waals surface area contributed by atoms with E-state index in [0.29, 0.717) is 31.5 Å². The van der Waals surface area contributed by atoms with Gasteiger partial charge in [0.15, 0.2) is 0 Å². The van der Waals surface area contributed by atoms with Crippen LogP contribution in [-0.4, -0.2) is 51.8 Å². The number of rotatable bonds is 10. The van der Waals surface area contributed by atoms with Crippen LogP contribution in [-0.2, 0) is 6.54 Å². The Labute approximate surface area is 136 Å². The predicted octanol–water partition coefficient (Wildman–Crippen LogP) is 1.09. The van der Waals surface area contributed by atoms with Gasteiger partial charge in [-0.05, 0) is 24.3 Å². The average molecular weight is 320 g/mol. The lowest BCUT2D eigenvalue weighted by Gasteiger charge is -2.15. The first-order chi connectivity index (χ1) is 11.1. The zero-order valence-electron chi connectivity index (χ0n) is 13.6. The number of ether oxygens (including phenoxy) is 2. The molecule has 0 fully saturated rings. The molecule has 2 N–H and O–H groups in total. The Hall–Kier alpha value is -2.12. The van der Waals surface area contributed by atoms with Gasteiger partial charge in [0.25, 0.3) is 0 Å². The summed E-state index contributed by atoms with van der Waals surface area (Å²) in [6, 6.07) is 7.68. The van der Waals surface area contributed by atoms with Gasteiger partial charge in [0.2, 0.25) is 0 Å². The molecule has 0 radical (unpaired) electrons. The van der Waals surface area contributed by atoms with Crippen LogP contribution in [0, 0.1) is 0 Å². The van der Waals surface area contributed by atoms with Gasteiger partial charge in [0.05, 0.1) is 6.54 Å². The number of aliphatic hydroxyl groups is 1. The smallest absolute Gasteiger partial charge is 0.137 e. The second kappa shape index (κ2) is 9.12. The van der Waals surface area contributed by atoms with E-state index in [0.717, 1.165) is 5.75 Å². The van der Waals surface area contributed by atoms with Crippen LogP contribution in [0.25, 0.3) is 0 Å². The van der Waals surface area contributed by atoms with Crippen LogP contribution in [0.4, 0.5) is 0 Å². The fraction of sp³-hybridized carbons (Fsp3) is 0.500. The first kappa shape index (κ1) is 17.2. The van der Waals surface area contributed by atoms with Crippen molar-refractivity contribution in [3.05, 3.63) is 36.9 Å². The number of hydrogen-bond donors (Lipinski definition) is 2. The summed E-state index contributed by atoms with van der Waals surface area (Å²) >= 11 is 0. The van der Waals surface area contributed by atoms with Crippen molar-refractivity contribution >= 4 is 0 Å². The maximum atomic E-state index is 9.80. The van der Waals surface area contributed by atoms with E-state index in [-0.39, 0.29) is 6.61 Å². The third-order valence-corrected chi connectivity index (χ3v) is 3.08. The fourth-order valence-electron chi connectivity index (χ4n) is 1.86. The largest absolute Gasteiger partial charge is 0.492 e. The van der Waals surface area contributed by atoms with Gasteiger partial charge in [-0.2, -0.15) is 5.10 Å². The Bertz CT molecular complexity index is 543. The molecule has 7 nitrogen and oxygen atoms in total. The van der Waals surface area contributed by atoms with Gasteiger partial charge in [-0.25, -0.2) is 9.67 Å². The highest BCUT2D eigenvalue weighted by atomic mass is 16.5. The van der Waals surface area contributed by atoms with Crippen LogP contribution in [0.2, 0.25) is 0 Å². The molecule has 0 aliphatic carbocycles. The summed E-state index contributed by atoms with van der Waals surface area (Å²) < 4.78 is 12.9. The first-order valence-electron chi connectivity index (χ1n) is 7.73. The van der Waals surface area contributed by atoms with Crippen LogP contribution in [0.15, 0.2) is 36.9 Å². The van der Waals surface area contributed by atoms with E-state index in [1.165, 1.54) is 6.33 Å². The van der Waals surface area contributed by atoms with E-state index in [4.69, 9.17) is 9.47 Å². The second-order valence-electron chi connectivity index (χ2n) is 5.51. The third kappa shape index (κ3) is 6.66. The minimum absolute atomic E-state index is 0.256. The Kier molecular flexibility index (Phi) is 6.83. The van der Waals surface area contributed by atoms with Crippen LogP contribution in [0.5, 0.6) is 11.5 Å². The van der Waals surface area contributed by atoms with E-state index in [2.05, 4.69) is 15.4 Å². The van der Waals surface area contributed by atoms with Crippen molar-refractivity contribution in [2.24, 2.45) is 0 Å². The van der Waals surface area contributed by atoms with Gasteiger partial charge >= 0.3 is 0 Å². The first-order valence-corrected chi connectivity index (χ1v) is 7.73. The summed E-state index contributed by atoms with van der Waals surface area (Å²) in [5, 5.41) is 17.0. The second-order valence-corrected chi connectivity index (χ2v) is 5.51. The number of aliphatic hydroxyl groups excluding tert-OH is 1. The van der Waals surface area contributed by atoms with Crippen molar-refractivity contribution in [1.29, 1.82) is 0 Å². The number of nitrogens with one attached hydrogen (secondary N) is 1. The van der Waals surface area contributed by atoms with E-state index >= 15 is 0 Å². The minimum atomic E-state index is -0.531. The lowest BCUT2D eigenvalue weighted by molar-refractivity contribution is 0.104. The normalized spacial score (nSPS) is 12.3. The molecule has 7 heteroatoms. The average Bonchev–Trinajstić information content (AvgIpc) is 3.05. The number of benzene rings is 1. The molecule has 1 unspecified atom stereocenters. The van der Waals surface area contributed by atoms with Crippen LogP contribution in [0.3, 0.4) is 0 Å². The molecule has 0 aliphatic heterocycles. The Morgan fingerprint density at radius 1 is 1.17 bits per heavy atom. The highest BCUT2D eigenvalue weighted by Crippen LogP contribution is 2.17. The van der Waals surface area contributed by atoms with Gasteiger partial charge < -0.3 is 19.9 Å². The Morgan fingerprint density at radius 3 is 2.48 bits per heavy atom. The topological polar surface area (TPSA) is 81.4 Å². The molecule has 0 saturated heterocycles. The quantitative estimate of drug-likeness (QED) is 0.682. The summed E-state index contributed by atoms with van der Waals surface area (Å²) in [6.07, 6.45) is 2.62. The summed E-state index contributed by atoms with van der Waals surface area (Å²) in [6.45, 7) is 6.01. The zero-order chi connectivity index (χ0) is 16.5. The van der Waals surface area contributed by atoms with Crippen LogP contribution in [0.1, 0.15) is 13.8 Å². The Morgan fingerprint density at radius 2 is 1.87 bits per heavy atom. The molecular formula is C16H24N4O3. The third-order valence-electron chi connectivity index (χ3n) is 3.08. The summed E-state index contributed by atoms with van der Waals surface area (Å²) in [5.41, 5.74) is 0. The summed E-state index contributed by atoms with van der Waals surface area (Å²) in [4.78, 5) is 3.87. The monoisotopic (exact) mass is 320 g/mol. The molecule has 1 aromatic carbocycles. The van der Waals surface area contributed by atoms with Crippen LogP contribution < -0.4 is 14.8 Å². The van der Waals surface area contributed by atoms with Gasteiger partial charge in [-0.15, -0.1) is 0 Å². The van der Waals surface area contributed by atoms with Crippen molar-refractivity contribution in [3.63, 3.8) is 0 Å². The van der Waals surface area contributed by atoms with Crippen molar-refractivity contribution in [3.8, 4) is 11.5 Å². The fourth-order valence-corrected chi connectivity index (χ4v) is 1.86. The molecule has 1 heterocycles. The summed E-state index contributed by atoms with van der Waals surface area (Å²) in [7, 11) is 0. The number of nitrogens with zero attached hydrogens (tertiary/aromatic N) is 3. The minimum Gasteiger partial charge on any atom is -0.492 e. The maximum Gasteiger partial charge on any atom is 0.137 e. The molecule has 0 spiro atoms. The molecule has 1 atom stereocenters. The number of hydrogen-bond acceptors (Lipinski definition) is 6. The van der Waals surface area contributed by atoms with Crippen LogP contribution >= 0.6 is 0 Å². The van der Waals surface area contributed by atoms with Crippen molar-refractivity contribution < 1.29 is 14.6 Å². The van der Waals surface area contributed by atoms with E-state index in [1.807, 2.05) is 38.1 Å². The van der Waals surface area contributed by atoms with E-state index in [9.17, 15) is 5.11 Å². The molecule has 23 heavy (non-hydrogen) atoms.